The number of hydrogen-bond acceptors (Lipinski definition) is 7. The van der Waals surface area contributed by atoms with Crippen LogP contribution in [0.15, 0.2) is 36.0 Å². The average Bonchev–Trinajstić information content (AvgIpc) is 3.45. The molecule has 0 spiro atoms. The molecular weight excluding hydrogens is 480 g/mol. The number of fused-ring (bicyclic) bond motifs is 2. The SMILES string of the molecule is O=C(NCCN1CCCC1)C1=CN2C3CCCCC3OC3C(NCCc4ccc(O)cc4)CCC(C1=O)C32. The van der Waals surface area contributed by atoms with E-state index in [2.05, 4.69) is 20.4 Å². The number of nitrogens with zero attached hydrogens (tertiary/aromatic N) is 2. The van der Waals surface area contributed by atoms with Gasteiger partial charge in [-0.1, -0.05) is 25.0 Å². The number of phenolic OH excluding ortho intramolecular Hbond substituents is 1. The van der Waals surface area contributed by atoms with Crippen molar-refractivity contribution in [2.45, 2.75) is 88.1 Å². The molecule has 3 aliphatic heterocycles. The van der Waals surface area contributed by atoms with E-state index < -0.39 is 0 Å². The lowest BCUT2D eigenvalue weighted by molar-refractivity contribution is -0.188. The van der Waals surface area contributed by atoms with Crippen LogP contribution in [0.2, 0.25) is 0 Å². The lowest BCUT2D eigenvalue weighted by Crippen LogP contribution is -2.70. The van der Waals surface area contributed by atoms with Gasteiger partial charge in [-0.15, -0.1) is 0 Å². The fourth-order valence-corrected chi connectivity index (χ4v) is 7.48. The first-order valence-electron chi connectivity index (χ1n) is 14.8. The number of Topliss-reactive ketones (excluding diaryl/α,β-unsaturated/α-hetero) is 1. The molecule has 2 aliphatic carbocycles. The smallest absolute Gasteiger partial charge is 0.256 e. The molecule has 6 unspecified atom stereocenters. The van der Waals surface area contributed by atoms with E-state index in [9.17, 15) is 14.7 Å². The van der Waals surface area contributed by atoms with Crippen LogP contribution >= 0.6 is 0 Å². The molecule has 2 saturated carbocycles. The van der Waals surface area contributed by atoms with Crippen LogP contribution < -0.4 is 10.6 Å². The van der Waals surface area contributed by atoms with Gasteiger partial charge in [0.1, 0.15) is 5.75 Å². The van der Waals surface area contributed by atoms with Crippen LogP contribution in [0.1, 0.15) is 56.9 Å². The minimum atomic E-state index is -0.211. The maximum Gasteiger partial charge on any atom is 0.256 e. The predicted octanol–water partition coefficient (Wildman–Crippen LogP) is 2.36. The van der Waals surface area contributed by atoms with Crippen molar-refractivity contribution in [3.63, 3.8) is 0 Å². The van der Waals surface area contributed by atoms with E-state index in [0.29, 0.717) is 12.1 Å². The Hall–Kier alpha value is -2.42. The zero-order valence-electron chi connectivity index (χ0n) is 22.3. The highest BCUT2D eigenvalue weighted by molar-refractivity contribution is 6.20. The second-order valence-electron chi connectivity index (χ2n) is 11.8. The van der Waals surface area contributed by atoms with Crippen molar-refractivity contribution in [3.05, 3.63) is 41.6 Å². The van der Waals surface area contributed by atoms with Crippen LogP contribution in [0.4, 0.5) is 0 Å². The van der Waals surface area contributed by atoms with Gasteiger partial charge in [0, 0.05) is 31.2 Å². The van der Waals surface area contributed by atoms with Crippen LogP contribution in [-0.2, 0) is 20.7 Å². The molecule has 3 heterocycles. The largest absolute Gasteiger partial charge is 0.508 e. The van der Waals surface area contributed by atoms with Gasteiger partial charge in [0.15, 0.2) is 5.78 Å². The zero-order valence-corrected chi connectivity index (χ0v) is 22.3. The van der Waals surface area contributed by atoms with E-state index >= 15 is 0 Å². The van der Waals surface area contributed by atoms with Crippen LogP contribution in [0.3, 0.4) is 0 Å². The fourth-order valence-electron chi connectivity index (χ4n) is 7.48. The van der Waals surface area contributed by atoms with Crippen LogP contribution in [0.5, 0.6) is 5.75 Å². The van der Waals surface area contributed by atoms with E-state index in [4.69, 9.17) is 4.74 Å². The van der Waals surface area contributed by atoms with Gasteiger partial charge < -0.3 is 30.3 Å². The number of ketones is 1. The summed E-state index contributed by atoms with van der Waals surface area (Å²) < 4.78 is 6.80. The number of aromatic hydroxyl groups is 1. The Bertz CT molecular complexity index is 1040. The van der Waals surface area contributed by atoms with Gasteiger partial charge >= 0.3 is 0 Å². The fraction of sp³-hybridized carbons (Fsp3) is 0.667. The number of hydrogen-bond donors (Lipinski definition) is 3. The van der Waals surface area contributed by atoms with Gasteiger partial charge in [0.05, 0.1) is 29.9 Å². The molecule has 1 aromatic carbocycles. The number of likely N-dealkylation sites (tertiary alicyclic amines) is 1. The molecule has 0 radical (unpaired) electrons. The highest BCUT2D eigenvalue weighted by atomic mass is 16.5. The summed E-state index contributed by atoms with van der Waals surface area (Å²) in [5, 5.41) is 16.3. The van der Waals surface area contributed by atoms with E-state index in [0.717, 1.165) is 64.7 Å². The lowest BCUT2D eigenvalue weighted by atomic mass is 9.70. The molecule has 0 aromatic heterocycles. The molecule has 4 fully saturated rings. The molecule has 38 heavy (non-hydrogen) atoms. The second-order valence-corrected chi connectivity index (χ2v) is 11.8. The van der Waals surface area contributed by atoms with Gasteiger partial charge in [0.25, 0.3) is 5.91 Å². The van der Waals surface area contributed by atoms with Crippen molar-refractivity contribution < 1.29 is 19.4 Å². The third kappa shape index (κ3) is 5.23. The van der Waals surface area contributed by atoms with Gasteiger partial charge in [-0.2, -0.15) is 0 Å². The number of carbonyl (C=O) groups excluding carboxylic acids is 2. The van der Waals surface area contributed by atoms with E-state index in [1.54, 1.807) is 12.1 Å². The van der Waals surface area contributed by atoms with E-state index in [-0.39, 0.29) is 53.7 Å². The Morgan fingerprint density at radius 1 is 1.00 bits per heavy atom. The third-order valence-corrected chi connectivity index (χ3v) is 9.45. The van der Waals surface area contributed by atoms with Crippen LogP contribution in [-0.4, -0.2) is 89.7 Å². The molecule has 0 bridgehead atoms. The molecule has 8 nitrogen and oxygen atoms in total. The van der Waals surface area contributed by atoms with Gasteiger partial charge in [-0.3, -0.25) is 9.59 Å². The summed E-state index contributed by atoms with van der Waals surface area (Å²) in [5.74, 6) is -0.123. The lowest BCUT2D eigenvalue weighted by Gasteiger charge is -2.58. The Labute approximate surface area is 225 Å². The number of nitrogens with one attached hydrogen (secondary N) is 2. The van der Waals surface area contributed by atoms with Crippen LogP contribution in [0.25, 0.3) is 0 Å². The maximum absolute atomic E-state index is 13.7. The number of benzene rings is 1. The monoisotopic (exact) mass is 522 g/mol. The summed E-state index contributed by atoms with van der Waals surface area (Å²) in [7, 11) is 0. The van der Waals surface area contributed by atoms with E-state index in [1.807, 2.05) is 18.3 Å². The molecule has 1 aromatic rings. The van der Waals surface area contributed by atoms with Crippen molar-refractivity contribution in [3.8, 4) is 5.75 Å². The highest BCUT2D eigenvalue weighted by Gasteiger charge is 2.55. The maximum atomic E-state index is 13.7. The van der Waals surface area contributed by atoms with Crippen molar-refractivity contribution >= 4 is 11.7 Å². The third-order valence-electron chi connectivity index (χ3n) is 9.45. The number of phenols is 1. The summed E-state index contributed by atoms with van der Waals surface area (Å²) in [6.07, 6.45) is 11.4. The number of rotatable bonds is 8. The topological polar surface area (TPSA) is 94.1 Å². The quantitative estimate of drug-likeness (QED) is 0.452. The minimum absolute atomic E-state index is 0.00433. The van der Waals surface area contributed by atoms with Gasteiger partial charge in [-0.05, 0) is 82.3 Å². The molecule has 6 rings (SSSR count). The first kappa shape index (κ1) is 25.8. The first-order valence-corrected chi connectivity index (χ1v) is 14.8. The number of morpholine rings is 1. The molecule has 1 amide bonds. The van der Waals surface area contributed by atoms with Crippen LogP contribution in [0, 0.1) is 5.92 Å². The van der Waals surface area contributed by atoms with Gasteiger partial charge in [-0.25, -0.2) is 0 Å². The first-order chi connectivity index (χ1) is 18.6. The summed E-state index contributed by atoms with van der Waals surface area (Å²) >= 11 is 0. The molecular formula is C30H42N4O4. The van der Waals surface area contributed by atoms with E-state index in [1.165, 1.54) is 24.8 Å². The number of carbonyl (C=O) groups is 2. The second kappa shape index (κ2) is 11.4. The number of ether oxygens (including phenoxy) is 1. The Morgan fingerprint density at radius 2 is 1.79 bits per heavy atom. The summed E-state index contributed by atoms with van der Waals surface area (Å²) in [4.78, 5) is 31.7. The molecule has 2 saturated heterocycles. The highest BCUT2D eigenvalue weighted by Crippen LogP contribution is 2.44. The molecule has 5 aliphatic rings. The minimum Gasteiger partial charge on any atom is -0.508 e. The standard InChI is InChI=1S/C30H42N4O4/c35-21-9-7-20(8-10-21)13-14-31-24-12-11-22-27-29(24)38-26-6-2-1-5-25(26)34(27)19-23(28(22)36)30(37)32-15-18-33-16-3-4-17-33/h7-10,19,22,24-27,29,31,35H,1-6,11-18H2,(H,32,37). The molecule has 206 valence electrons. The molecule has 3 N–H and O–H groups in total. The van der Waals surface area contributed by atoms with Crippen molar-refractivity contribution in [2.75, 3.05) is 32.7 Å². The Balaban J connectivity index is 1.16. The molecule has 8 heteroatoms. The number of amides is 1. The zero-order chi connectivity index (χ0) is 26.1. The van der Waals surface area contributed by atoms with Crippen molar-refractivity contribution in [1.82, 2.24) is 20.4 Å². The summed E-state index contributed by atoms with van der Waals surface area (Å²) in [6.45, 7) is 4.45. The Kier molecular flexibility index (Phi) is 7.73. The predicted molar refractivity (Wildman–Crippen MR) is 145 cm³/mol. The Morgan fingerprint density at radius 3 is 2.61 bits per heavy atom. The molecule has 6 atom stereocenters. The van der Waals surface area contributed by atoms with Crippen molar-refractivity contribution in [1.29, 1.82) is 0 Å². The average molecular weight is 523 g/mol. The van der Waals surface area contributed by atoms with Gasteiger partial charge in [0.2, 0.25) is 0 Å². The summed E-state index contributed by atoms with van der Waals surface area (Å²) in [5.41, 5.74) is 1.52. The summed E-state index contributed by atoms with van der Waals surface area (Å²) in [6, 6.07) is 7.78. The normalized spacial score (nSPS) is 32.9. The van der Waals surface area contributed by atoms with Crippen molar-refractivity contribution in [2.24, 2.45) is 5.92 Å².